The lowest BCUT2D eigenvalue weighted by atomic mass is 10.1. The minimum atomic E-state index is -4.44. The maximum absolute atomic E-state index is 12.7. The minimum Gasteiger partial charge on any atom is -0.422 e. The monoisotopic (exact) mass is 403 g/mol. The van der Waals surface area contributed by atoms with E-state index in [4.69, 9.17) is 4.42 Å². The third-order valence-electron chi connectivity index (χ3n) is 4.81. The average Bonchev–Trinajstić information content (AvgIpc) is 3.15. The third-order valence-corrected chi connectivity index (χ3v) is 4.81. The van der Waals surface area contributed by atoms with Gasteiger partial charge in [-0.3, -0.25) is 4.79 Å². The van der Waals surface area contributed by atoms with Gasteiger partial charge in [-0.2, -0.15) is 13.2 Å². The van der Waals surface area contributed by atoms with Crippen LogP contribution in [0.4, 0.5) is 19.0 Å². The highest BCUT2D eigenvalue weighted by molar-refractivity contribution is 5.96. The van der Waals surface area contributed by atoms with Crippen molar-refractivity contribution >= 4 is 22.7 Å². The molecule has 4 rings (SSSR count). The summed E-state index contributed by atoms with van der Waals surface area (Å²) in [5, 5.41) is 3.43. The Balaban J connectivity index is 1.44. The lowest BCUT2D eigenvalue weighted by molar-refractivity contribution is -0.137. The van der Waals surface area contributed by atoms with Crippen molar-refractivity contribution in [2.75, 3.05) is 18.0 Å². The molecule has 1 saturated heterocycles. The van der Waals surface area contributed by atoms with Crippen LogP contribution in [0.15, 0.2) is 57.9 Å². The molecular weight excluding hydrogens is 387 g/mol. The number of halogens is 3. The number of aromatic nitrogens is 1. The van der Waals surface area contributed by atoms with Crippen LogP contribution in [0.1, 0.15) is 22.3 Å². The second kappa shape index (κ2) is 7.23. The molecule has 1 fully saturated rings. The van der Waals surface area contributed by atoms with Gasteiger partial charge < -0.3 is 14.6 Å². The number of para-hydroxylation sites is 1. The fourth-order valence-corrected chi connectivity index (χ4v) is 3.31. The van der Waals surface area contributed by atoms with E-state index >= 15 is 0 Å². The summed E-state index contributed by atoms with van der Waals surface area (Å²) in [6.45, 7) is 0.901. The first-order chi connectivity index (χ1) is 13.8. The molecule has 150 valence electrons. The van der Waals surface area contributed by atoms with Gasteiger partial charge in [0.05, 0.1) is 5.56 Å². The summed E-state index contributed by atoms with van der Waals surface area (Å²) >= 11 is 0. The number of benzene rings is 1. The summed E-state index contributed by atoms with van der Waals surface area (Å²) in [6, 6.07) is 10.4. The number of nitrogens with one attached hydrogen (secondary N) is 1. The zero-order valence-corrected chi connectivity index (χ0v) is 15.1. The molecule has 1 atom stereocenters. The fraction of sp³-hybridized carbons (Fsp3) is 0.250. The van der Waals surface area contributed by atoms with Crippen molar-refractivity contribution < 1.29 is 22.4 Å². The normalized spacial score (nSPS) is 16.9. The first-order valence-corrected chi connectivity index (χ1v) is 8.93. The Bertz CT molecular complexity index is 1110. The van der Waals surface area contributed by atoms with Crippen LogP contribution in [0, 0.1) is 0 Å². The Morgan fingerprint density at radius 3 is 2.72 bits per heavy atom. The molecule has 1 aliphatic rings. The van der Waals surface area contributed by atoms with Gasteiger partial charge in [-0.25, -0.2) is 9.78 Å². The van der Waals surface area contributed by atoms with Gasteiger partial charge in [0, 0.05) is 30.7 Å². The molecule has 0 bridgehead atoms. The molecule has 1 amide bonds. The Morgan fingerprint density at radius 1 is 1.21 bits per heavy atom. The van der Waals surface area contributed by atoms with E-state index in [1.807, 2.05) is 0 Å². The number of alkyl halides is 3. The number of carbonyl (C=O) groups is 1. The third kappa shape index (κ3) is 3.94. The predicted octanol–water partition coefficient (Wildman–Crippen LogP) is 3.22. The summed E-state index contributed by atoms with van der Waals surface area (Å²) in [4.78, 5) is 30.3. The highest BCUT2D eigenvalue weighted by Gasteiger charge is 2.31. The number of fused-ring (bicyclic) bond motifs is 1. The summed E-state index contributed by atoms with van der Waals surface area (Å²) < 4.78 is 43.2. The van der Waals surface area contributed by atoms with Crippen LogP contribution in [0.5, 0.6) is 0 Å². The Labute approximate surface area is 163 Å². The Morgan fingerprint density at radius 2 is 2.00 bits per heavy atom. The largest absolute Gasteiger partial charge is 0.422 e. The van der Waals surface area contributed by atoms with Crippen LogP contribution >= 0.6 is 0 Å². The van der Waals surface area contributed by atoms with E-state index in [0.29, 0.717) is 36.3 Å². The van der Waals surface area contributed by atoms with Gasteiger partial charge >= 0.3 is 11.8 Å². The second-order valence-electron chi connectivity index (χ2n) is 6.79. The molecule has 1 aliphatic heterocycles. The van der Waals surface area contributed by atoms with Gasteiger partial charge in [-0.15, -0.1) is 0 Å². The fourth-order valence-electron chi connectivity index (χ4n) is 3.31. The average molecular weight is 403 g/mol. The number of pyridine rings is 1. The molecule has 0 radical (unpaired) electrons. The molecule has 0 aliphatic carbocycles. The number of carbonyl (C=O) groups excluding carboxylic acids is 1. The maximum Gasteiger partial charge on any atom is 0.417 e. The highest BCUT2D eigenvalue weighted by Crippen LogP contribution is 2.30. The molecule has 1 aromatic carbocycles. The van der Waals surface area contributed by atoms with Crippen LogP contribution < -0.4 is 15.8 Å². The first-order valence-electron chi connectivity index (χ1n) is 8.93. The van der Waals surface area contributed by atoms with Gasteiger partial charge in [-0.1, -0.05) is 18.2 Å². The Kier molecular flexibility index (Phi) is 4.73. The molecule has 3 heterocycles. The van der Waals surface area contributed by atoms with Crippen molar-refractivity contribution in [1.82, 2.24) is 10.3 Å². The van der Waals surface area contributed by atoms with Gasteiger partial charge in [0.15, 0.2) is 0 Å². The summed E-state index contributed by atoms with van der Waals surface area (Å²) in [6.07, 6.45) is -3.07. The van der Waals surface area contributed by atoms with E-state index in [9.17, 15) is 22.8 Å². The predicted molar refractivity (Wildman–Crippen MR) is 99.8 cm³/mol. The van der Waals surface area contributed by atoms with E-state index < -0.39 is 23.3 Å². The second-order valence-corrected chi connectivity index (χ2v) is 6.79. The molecule has 6 nitrogen and oxygen atoms in total. The summed E-state index contributed by atoms with van der Waals surface area (Å²) in [7, 11) is 0. The van der Waals surface area contributed by atoms with Crippen LogP contribution in [-0.4, -0.2) is 30.0 Å². The molecule has 9 heteroatoms. The van der Waals surface area contributed by atoms with E-state index in [1.54, 1.807) is 29.2 Å². The molecule has 0 spiro atoms. The number of nitrogens with zero attached hydrogens (tertiary/aromatic N) is 2. The SMILES string of the molecule is O=C(N[C@H]1CCN(c2ccc(C(F)(F)F)cn2)C1)c1cc2ccccc2oc1=O. The van der Waals surface area contributed by atoms with Crippen LogP contribution in [0.2, 0.25) is 0 Å². The number of hydrogen-bond donors (Lipinski definition) is 1. The maximum atomic E-state index is 12.7. The quantitative estimate of drug-likeness (QED) is 0.680. The molecule has 29 heavy (non-hydrogen) atoms. The molecule has 2 aromatic heterocycles. The molecular formula is C20H16F3N3O3. The first kappa shape index (κ1) is 19.0. The van der Waals surface area contributed by atoms with E-state index in [1.165, 1.54) is 12.1 Å². The lowest BCUT2D eigenvalue weighted by Crippen LogP contribution is -2.39. The van der Waals surface area contributed by atoms with Crippen LogP contribution in [0.3, 0.4) is 0 Å². The highest BCUT2D eigenvalue weighted by atomic mass is 19.4. The van der Waals surface area contributed by atoms with Gasteiger partial charge in [-0.05, 0) is 30.7 Å². The van der Waals surface area contributed by atoms with Gasteiger partial charge in [0.2, 0.25) is 0 Å². The summed E-state index contributed by atoms with van der Waals surface area (Å²) in [5.41, 5.74) is -1.22. The molecule has 0 saturated carbocycles. The smallest absolute Gasteiger partial charge is 0.417 e. The van der Waals surface area contributed by atoms with Crippen molar-refractivity contribution in [3.8, 4) is 0 Å². The van der Waals surface area contributed by atoms with Gasteiger partial charge in [0.25, 0.3) is 5.91 Å². The summed E-state index contributed by atoms with van der Waals surface area (Å²) in [5.74, 6) is -0.142. The van der Waals surface area contributed by atoms with Crippen molar-refractivity contribution in [2.45, 2.75) is 18.6 Å². The van der Waals surface area contributed by atoms with Crippen molar-refractivity contribution in [3.05, 3.63) is 70.2 Å². The van der Waals surface area contributed by atoms with Crippen molar-refractivity contribution in [2.24, 2.45) is 0 Å². The number of rotatable bonds is 3. The van der Waals surface area contributed by atoms with Gasteiger partial charge in [0.1, 0.15) is 17.0 Å². The Hall–Kier alpha value is -3.36. The zero-order valence-electron chi connectivity index (χ0n) is 15.1. The molecule has 1 N–H and O–H groups in total. The van der Waals surface area contributed by atoms with E-state index in [2.05, 4.69) is 10.3 Å². The van der Waals surface area contributed by atoms with Crippen molar-refractivity contribution in [1.29, 1.82) is 0 Å². The number of anilines is 1. The van der Waals surface area contributed by atoms with E-state index in [-0.39, 0.29) is 11.6 Å². The van der Waals surface area contributed by atoms with Crippen LogP contribution in [-0.2, 0) is 6.18 Å². The lowest BCUT2D eigenvalue weighted by Gasteiger charge is -2.18. The minimum absolute atomic E-state index is 0.0881. The zero-order chi connectivity index (χ0) is 20.6. The van der Waals surface area contributed by atoms with Crippen molar-refractivity contribution in [3.63, 3.8) is 0 Å². The topological polar surface area (TPSA) is 75.4 Å². The molecule has 3 aromatic rings. The molecule has 0 unspecified atom stereocenters. The number of amides is 1. The number of hydrogen-bond acceptors (Lipinski definition) is 5. The van der Waals surface area contributed by atoms with Crippen LogP contribution in [0.25, 0.3) is 11.0 Å². The standard InChI is InChI=1S/C20H16F3N3O3/c21-20(22,23)13-5-6-17(24-10-13)26-8-7-14(11-26)25-18(27)15-9-12-3-1-2-4-16(12)29-19(15)28/h1-6,9-10,14H,7-8,11H2,(H,25,27)/t14-/m0/s1. The van der Waals surface area contributed by atoms with E-state index in [0.717, 1.165) is 12.3 Å².